The molecule has 1 saturated heterocycles. The quantitative estimate of drug-likeness (QED) is 0.453. The average Bonchev–Trinajstić information content (AvgIpc) is 3.27. The van der Waals surface area contributed by atoms with E-state index >= 15 is 0 Å². The zero-order valence-corrected chi connectivity index (χ0v) is 18.8. The third-order valence-electron chi connectivity index (χ3n) is 4.93. The molecule has 2 aromatic carbocycles. The summed E-state index contributed by atoms with van der Waals surface area (Å²) in [7, 11) is 1.66. The molecule has 0 radical (unpaired) electrons. The smallest absolute Gasteiger partial charge is 0.269 e. The number of nitrogens with zero attached hydrogens (tertiary/aromatic N) is 3. The van der Waals surface area contributed by atoms with Crippen LogP contribution in [0.2, 0.25) is 0 Å². The number of hydrogen-bond donors (Lipinski definition) is 0. The molecule has 2 aliphatic rings. The van der Waals surface area contributed by atoms with Crippen LogP contribution in [-0.4, -0.2) is 36.2 Å². The summed E-state index contributed by atoms with van der Waals surface area (Å²) in [5, 5.41) is 1.63. The molecule has 1 amide bonds. The molecule has 0 atom stereocenters. The third kappa shape index (κ3) is 3.63. The van der Waals surface area contributed by atoms with Crippen LogP contribution in [0, 0.1) is 6.92 Å². The van der Waals surface area contributed by atoms with Crippen LogP contribution in [-0.2, 0) is 4.79 Å². The number of thioether (sulfide) groups is 2. The molecule has 2 heterocycles. The predicted octanol–water partition coefficient (Wildman–Crippen LogP) is 5.55. The van der Waals surface area contributed by atoms with E-state index in [1.807, 2.05) is 49.4 Å². The van der Waals surface area contributed by atoms with E-state index in [2.05, 4.69) is 18.4 Å². The van der Waals surface area contributed by atoms with Crippen molar-refractivity contribution >= 4 is 46.0 Å². The number of benzene rings is 2. The van der Waals surface area contributed by atoms with Crippen LogP contribution in [0.3, 0.4) is 0 Å². The fourth-order valence-corrected chi connectivity index (χ4v) is 5.75. The summed E-state index contributed by atoms with van der Waals surface area (Å²) in [6.45, 7) is 9.10. The van der Waals surface area contributed by atoms with Gasteiger partial charge < -0.3 is 9.64 Å². The summed E-state index contributed by atoms with van der Waals surface area (Å²) in [4.78, 5) is 23.9. The number of carbonyl (C=O) groups excluding carboxylic acids is 1. The molecule has 0 unspecified atom stereocenters. The van der Waals surface area contributed by atoms with E-state index in [4.69, 9.17) is 9.73 Å². The first-order chi connectivity index (χ1) is 14.6. The molecule has 2 aliphatic heterocycles. The molecule has 4 rings (SSSR count). The van der Waals surface area contributed by atoms with Crippen molar-refractivity contribution in [1.82, 2.24) is 4.90 Å². The molecule has 0 spiro atoms. The van der Waals surface area contributed by atoms with E-state index in [0.717, 1.165) is 39.2 Å². The maximum Gasteiger partial charge on any atom is 0.269 e. The number of amides is 1. The van der Waals surface area contributed by atoms with Crippen LogP contribution in [0.25, 0.3) is 0 Å². The van der Waals surface area contributed by atoms with Crippen LogP contribution in [0.15, 0.2) is 74.9 Å². The predicted molar refractivity (Wildman–Crippen MR) is 127 cm³/mol. The molecule has 7 heteroatoms. The van der Waals surface area contributed by atoms with E-state index in [-0.39, 0.29) is 5.91 Å². The van der Waals surface area contributed by atoms with Gasteiger partial charge in [0.15, 0.2) is 5.17 Å². The fourth-order valence-electron chi connectivity index (χ4n) is 3.37. The van der Waals surface area contributed by atoms with Crippen molar-refractivity contribution in [2.75, 3.05) is 25.1 Å². The monoisotopic (exact) mass is 437 g/mol. The van der Waals surface area contributed by atoms with Gasteiger partial charge in [-0.3, -0.25) is 9.69 Å². The second-order valence-corrected chi connectivity index (χ2v) is 8.81. The molecule has 0 N–H and O–H groups in total. The van der Waals surface area contributed by atoms with Crippen LogP contribution in [0.4, 0.5) is 11.4 Å². The molecule has 0 aliphatic carbocycles. The number of aliphatic imine (C=N–C) groups is 1. The number of fused-ring (bicyclic) bond motifs is 1. The first-order valence-electron chi connectivity index (χ1n) is 9.70. The van der Waals surface area contributed by atoms with Gasteiger partial charge in [0.1, 0.15) is 15.7 Å². The van der Waals surface area contributed by atoms with Crippen molar-refractivity contribution in [2.24, 2.45) is 4.99 Å². The Morgan fingerprint density at radius 3 is 2.67 bits per heavy atom. The molecule has 5 nitrogen and oxygen atoms in total. The lowest BCUT2D eigenvalue weighted by molar-refractivity contribution is -0.121. The Hall–Kier alpha value is -2.64. The summed E-state index contributed by atoms with van der Waals surface area (Å²) >= 11 is 3.05. The minimum absolute atomic E-state index is 0.0343. The van der Waals surface area contributed by atoms with Crippen molar-refractivity contribution in [3.05, 3.63) is 70.6 Å². The van der Waals surface area contributed by atoms with Gasteiger partial charge in [0.25, 0.3) is 5.91 Å². The maximum atomic E-state index is 13.4. The van der Waals surface area contributed by atoms with Gasteiger partial charge in [0.2, 0.25) is 0 Å². The van der Waals surface area contributed by atoms with Crippen molar-refractivity contribution < 1.29 is 9.53 Å². The Morgan fingerprint density at radius 2 is 1.97 bits per heavy atom. The summed E-state index contributed by atoms with van der Waals surface area (Å²) in [5.41, 5.74) is 3.01. The molecular formula is C23H23N3O2S2. The average molecular weight is 438 g/mol. The van der Waals surface area contributed by atoms with E-state index in [1.54, 1.807) is 29.8 Å². The molecule has 0 bridgehead atoms. The van der Waals surface area contributed by atoms with Gasteiger partial charge in [0, 0.05) is 24.1 Å². The number of aryl methyl sites for hydroxylation is 1. The summed E-state index contributed by atoms with van der Waals surface area (Å²) in [6.07, 6.45) is 1.73. The first kappa shape index (κ1) is 20.6. The van der Waals surface area contributed by atoms with Crippen molar-refractivity contribution in [3.8, 4) is 5.75 Å². The second kappa shape index (κ2) is 8.62. The van der Waals surface area contributed by atoms with E-state index in [9.17, 15) is 4.79 Å². The lowest BCUT2D eigenvalue weighted by atomic mass is 10.2. The van der Waals surface area contributed by atoms with Crippen LogP contribution in [0.1, 0.15) is 12.5 Å². The zero-order valence-electron chi connectivity index (χ0n) is 17.2. The minimum Gasteiger partial charge on any atom is -0.497 e. The standard InChI is InChI=1S/C23H23N3O2S2/c1-5-13-26-21(27)20(30-23(26)24-17-10-8-7-9-15(17)3)22-25(6-2)18-14-16(28-4)11-12-19(18)29-22/h5,7-12,14H,1,6,13H2,2-4H3. The van der Waals surface area contributed by atoms with E-state index < -0.39 is 0 Å². The topological polar surface area (TPSA) is 45.1 Å². The summed E-state index contributed by atoms with van der Waals surface area (Å²) in [6, 6.07) is 14.0. The van der Waals surface area contributed by atoms with Gasteiger partial charge in [-0.2, -0.15) is 0 Å². The highest BCUT2D eigenvalue weighted by molar-refractivity contribution is 8.19. The lowest BCUT2D eigenvalue weighted by Crippen LogP contribution is -2.30. The largest absolute Gasteiger partial charge is 0.497 e. The van der Waals surface area contributed by atoms with Crippen molar-refractivity contribution in [3.63, 3.8) is 0 Å². The molecule has 30 heavy (non-hydrogen) atoms. The Morgan fingerprint density at radius 1 is 1.17 bits per heavy atom. The van der Waals surface area contributed by atoms with Gasteiger partial charge in [-0.25, -0.2) is 4.99 Å². The van der Waals surface area contributed by atoms with Crippen LogP contribution < -0.4 is 9.64 Å². The van der Waals surface area contributed by atoms with Crippen LogP contribution in [0.5, 0.6) is 5.75 Å². The molecule has 2 aromatic rings. The highest BCUT2D eigenvalue weighted by Gasteiger charge is 2.39. The Labute approximate surface area is 185 Å². The number of amidine groups is 1. The number of hydrogen-bond acceptors (Lipinski definition) is 6. The number of carbonyl (C=O) groups is 1. The number of para-hydroxylation sites is 1. The Balaban J connectivity index is 1.77. The Kier molecular flexibility index (Phi) is 5.92. The summed E-state index contributed by atoms with van der Waals surface area (Å²) < 4.78 is 5.40. The maximum absolute atomic E-state index is 13.4. The molecule has 0 aromatic heterocycles. The SMILES string of the molecule is C=CCN1C(=O)C(=C2Sc3ccc(OC)cc3N2CC)SC1=Nc1ccccc1C. The number of methoxy groups -OCH3 is 1. The van der Waals surface area contributed by atoms with E-state index in [1.165, 1.54) is 11.8 Å². The highest BCUT2D eigenvalue weighted by Crippen LogP contribution is 2.51. The Bertz CT molecular complexity index is 1080. The lowest BCUT2D eigenvalue weighted by Gasteiger charge is -2.19. The van der Waals surface area contributed by atoms with Crippen LogP contribution >= 0.6 is 23.5 Å². The second-order valence-electron chi connectivity index (χ2n) is 6.80. The normalized spacial score (nSPS) is 19.6. The molecular weight excluding hydrogens is 414 g/mol. The van der Waals surface area contributed by atoms with Gasteiger partial charge >= 0.3 is 0 Å². The van der Waals surface area contributed by atoms with Gasteiger partial charge in [-0.15, -0.1) is 6.58 Å². The van der Waals surface area contributed by atoms with Crippen molar-refractivity contribution in [2.45, 2.75) is 18.7 Å². The minimum atomic E-state index is -0.0343. The first-order valence-corrected chi connectivity index (χ1v) is 11.3. The zero-order chi connectivity index (χ0) is 21.3. The number of anilines is 1. The molecule has 1 fully saturated rings. The number of ether oxygens (including phenoxy) is 1. The van der Waals surface area contributed by atoms with Gasteiger partial charge in [-0.05, 0) is 49.4 Å². The highest BCUT2D eigenvalue weighted by atomic mass is 32.2. The van der Waals surface area contributed by atoms with Crippen molar-refractivity contribution in [1.29, 1.82) is 0 Å². The van der Waals surface area contributed by atoms with E-state index in [0.29, 0.717) is 16.6 Å². The summed E-state index contributed by atoms with van der Waals surface area (Å²) in [5.74, 6) is 0.771. The third-order valence-corrected chi connectivity index (χ3v) is 7.30. The fraction of sp³-hybridized carbons (Fsp3) is 0.217. The van der Waals surface area contributed by atoms with Gasteiger partial charge in [0.05, 0.1) is 18.5 Å². The molecule has 0 saturated carbocycles. The number of rotatable bonds is 5. The molecule has 154 valence electrons. The van der Waals surface area contributed by atoms with Gasteiger partial charge in [-0.1, -0.05) is 36.0 Å².